The van der Waals surface area contributed by atoms with Crippen molar-refractivity contribution in [2.45, 2.75) is 25.3 Å². The highest BCUT2D eigenvalue weighted by atomic mass is 16.5. The molecule has 3 heteroatoms. The van der Waals surface area contributed by atoms with Crippen LogP contribution >= 0.6 is 0 Å². The van der Waals surface area contributed by atoms with Crippen molar-refractivity contribution >= 4 is 0 Å². The van der Waals surface area contributed by atoms with Gasteiger partial charge in [0.15, 0.2) is 0 Å². The van der Waals surface area contributed by atoms with E-state index in [0.29, 0.717) is 0 Å². The lowest BCUT2D eigenvalue weighted by molar-refractivity contribution is 0.322. The van der Waals surface area contributed by atoms with E-state index in [1.165, 1.54) is 18.4 Å². The second-order valence-corrected chi connectivity index (χ2v) is 5.06. The van der Waals surface area contributed by atoms with Crippen molar-refractivity contribution in [3.63, 3.8) is 0 Å². The van der Waals surface area contributed by atoms with Crippen molar-refractivity contribution in [2.75, 3.05) is 33.8 Å². The van der Waals surface area contributed by atoms with E-state index >= 15 is 0 Å². The molecule has 1 fully saturated rings. The average Bonchev–Trinajstić information content (AvgIpc) is 3.23. The molecule has 0 heterocycles. The topological polar surface area (TPSA) is 24.5 Å². The Labute approximate surface area is 110 Å². The molecule has 1 aliphatic carbocycles. The van der Waals surface area contributed by atoms with E-state index in [-0.39, 0.29) is 0 Å². The van der Waals surface area contributed by atoms with Crippen LogP contribution in [0.15, 0.2) is 24.3 Å². The molecule has 1 N–H and O–H groups in total. The van der Waals surface area contributed by atoms with Gasteiger partial charge in [-0.05, 0) is 50.6 Å². The molecule has 3 nitrogen and oxygen atoms in total. The molecule has 2 rings (SSSR count). The SMILES string of the molecule is COc1ccc(CCNCCN(C)C2CC2)cc1. The van der Waals surface area contributed by atoms with Gasteiger partial charge >= 0.3 is 0 Å². The number of nitrogens with one attached hydrogen (secondary N) is 1. The lowest BCUT2D eigenvalue weighted by Gasteiger charge is -2.15. The van der Waals surface area contributed by atoms with E-state index in [1.807, 2.05) is 12.1 Å². The molecule has 0 amide bonds. The average molecular weight is 248 g/mol. The van der Waals surface area contributed by atoms with Gasteiger partial charge in [0.1, 0.15) is 5.75 Å². The summed E-state index contributed by atoms with van der Waals surface area (Å²) in [5, 5.41) is 3.50. The Balaban J connectivity index is 1.56. The zero-order valence-electron chi connectivity index (χ0n) is 11.5. The van der Waals surface area contributed by atoms with Crippen LogP contribution in [-0.4, -0.2) is 44.7 Å². The van der Waals surface area contributed by atoms with E-state index in [2.05, 4.69) is 29.4 Å². The maximum Gasteiger partial charge on any atom is 0.118 e. The first-order valence-corrected chi connectivity index (χ1v) is 6.83. The van der Waals surface area contributed by atoms with Gasteiger partial charge in [-0.15, -0.1) is 0 Å². The van der Waals surface area contributed by atoms with Crippen LogP contribution in [0.1, 0.15) is 18.4 Å². The first-order valence-electron chi connectivity index (χ1n) is 6.83. The Morgan fingerprint density at radius 2 is 1.94 bits per heavy atom. The minimum absolute atomic E-state index is 0.869. The zero-order valence-corrected chi connectivity index (χ0v) is 11.5. The number of likely N-dealkylation sites (N-methyl/N-ethyl adjacent to an activating group) is 1. The van der Waals surface area contributed by atoms with Gasteiger partial charge in [-0.25, -0.2) is 0 Å². The fraction of sp³-hybridized carbons (Fsp3) is 0.600. The minimum atomic E-state index is 0.869. The Morgan fingerprint density at radius 3 is 2.56 bits per heavy atom. The van der Waals surface area contributed by atoms with Crippen molar-refractivity contribution in [2.24, 2.45) is 0 Å². The summed E-state index contributed by atoms with van der Waals surface area (Å²) in [6.45, 7) is 3.29. The van der Waals surface area contributed by atoms with Crippen molar-refractivity contribution < 1.29 is 4.74 Å². The molecule has 0 bridgehead atoms. The summed E-state index contributed by atoms with van der Waals surface area (Å²) in [6.07, 6.45) is 3.86. The normalized spacial score (nSPS) is 15.1. The predicted molar refractivity (Wildman–Crippen MR) is 75.2 cm³/mol. The van der Waals surface area contributed by atoms with Gasteiger partial charge in [-0.2, -0.15) is 0 Å². The van der Waals surface area contributed by atoms with Crippen LogP contribution in [0.3, 0.4) is 0 Å². The van der Waals surface area contributed by atoms with Crippen molar-refractivity contribution in [3.05, 3.63) is 29.8 Å². The lowest BCUT2D eigenvalue weighted by Crippen LogP contribution is -2.31. The first kappa shape index (κ1) is 13.4. The second-order valence-electron chi connectivity index (χ2n) is 5.06. The van der Waals surface area contributed by atoms with Crippen LogP contribution in [0, 0.1) is 0 Å². The fourth-order valence-electron chi connectivity index (χ4n) is 2.10. The third-order valence-corrected chi connectivity index (χ3v) is 3.56. The summed E-state index contributed by atoms with van der Waals surface area (Å²) in [5.41, 5.74) is 1.36. The molecule has 0 radical (unpaired) electrons. The maximum atomic E-state index is 5.15. The van der Waals surface area contributed by atoms with Gasteiger partial charge < -0.3 is 15.0 Å². The number of nitrogens with zero attached hydrogens (tertiary/aromatic N) is 1. The minimum Gasteiger partial charge on any atom is -0.497 e. The molecule has 18 heavy (non-hydrogen) atoms. The monoisotopic (exact) mass is 248 g/mol. The highest BCUT2D eigenvalue weighted by Crippen LogP contribution is 2.24. The fourth-order valence-corrected chi connectivity index (χ4v) is 2.10. The molecular weight excluding hydrogens is 224 g/mol. The summed E-state index contributed by atoms with van der Waals surface area (Å²) >= 11 is 0. The smallest absolute Gasteiger partial charge is 0.118 e. The van der Waals surface area contributed by atoms with Crippen LogP contribution in [0.4, 0.5) is 0 Å². The summed E-state index contributed by atoms with van der Waals surface area (Å²) < 4.78 is 5.15. The molecule has 1 aliphatic rings. The number of rotatable bonds is 8. The number of benzene rings is 1. The predicted octanol–water partition coefficient (Wildman–Crippen LogP) is 1.92. The zero-order chi connectivity index (χ0) is 12.8. The quantitative estimate of drug-likeness (QED) is 0.711. The van der Waals surface area contributed by atoms with Crippen molar-refractivity contribution in [1.29, 1.82) is 0 Å². The summed E-state index contributed by atoms with van der Waals surface area (Å²) in [7, 11) is 3.93. The first-order chi connectivity index (χ1) is 8.79. The molecule has 0 spiro atoms. The third kappa shape index (κ3) is 4.31. The van der Waals surface area contributed by atoms with E-state index in [1.54, 1.807) is 7.11 Å². The Morgan fingerprint density at radius 1 is 1.22 bits per heavy atom. The molecule has 1 aromatic rings. The van der Waals surface area contributed by atoms with Crippen molar-refractivity contribution in [3.8, 4) is 5.75 Å². The summed E-state index contributed by atoms with van der Waals surface area (Å²) in [5.74, 6) is 0.928. The molecular formula is C15H24N2O. The van der Waals surface area contributed by atoms with E-state index in [0.717, 1.165) is 37.8 Å². The van der Waals surface area contributed by atoms with Gasteiger partial charge in [-0.3, -0.25) is 0 Å². The van der Waals surface area contributed by atoms with E-state index in [4.69, 9.17) is 4.74 Å². The van der Waals surface area contributed by atoms with Gasteiger partial charge in [0, 0.05) is 19.1 Å². The largest absolute Gasteiger partial charge is 0.497 e. The molecule has 1 saturated carbocycles. The second kappa shape index (κ2) is 6.76. The van der Waals surface area contributed by atoms with Crippen molar-refractivity contribution in [1.82, 2.24) is 10.2 Å². The van der Waals surface area contributed by atoms with Gasteiger partial charge in [0.25, 0.3) is 0 Å². The molecule has 0 saturated heterocycles. The molecule has 0 aromatic heterocycles. The Bertz CT molecular complexity index is 346. The van der Waals surface area contributed by atoms with Crippen LogP contribution in [-0.2, 0) is 6.42 Å². The van der Waals surface area contributed by atoms with Crippen LogP contribution in [0.25, 0.3) is 0 Å². The van der Waals surface area contributed by atoms with E-state index < -0.39 is 0 Å². The third-order valence-electron chi connectivity index (χ3n) is 3.56. The van der Waals surface area contributed by atoms with Crippen LogP contribution in [0.5, 0.6) is 5.75 Å². The van der Waals surface area contributed by atoms with Gasteiger partial charge in [0.2, 0.25) is 0 Å². The number of hydrogen-bond donors (Lipinski definition) is 1. The standard InChI is InChI=1S/C15H24N2O/c1-17(14-5-6-14)12-11-16-10-9-13-3-7-15(18-2)8-4-13/h3-4,7-8,14,16H,5-6,9-12H2,1-2H3. The van der Waals surface area contributed by atoms with Crippen LogP contribution in [0.2, 0.25) is 0 Å². The molecule has 0 aliphatic heterocycles. The molecule has 0 atom stereocenters. The maximum absolute atomic E-state index is 5.15. The van der Waals surface area contributed by atoms with Crippen LogP contribution < -0.4 is 10.1 Å². The van der Waals surface area contributed by atoms with Gasteiger partial charge in [-0.1, -0.05) is 12.1 Å². The molecule has 100 valence electrons. The summed E-state index contributed by atoms with van der Waals surface area (Å²) in [6, 6.07) is 9.19. The number of hydrogen-bond acceptors (Lipinski definition) is 3. The summed E-state index contributed by atoms with van der Waals surface area (Å²) in [4.78, 5) is 2.46. The Kier molecular flexibility index (Phi) is 5.02. The van der Waals surface area contributed by atoms with Gasteiger partial charge in [0.05, 0.1) is 7.11 Å². The number of ether oxygens (including phenoxy) is 1. The Hall–Kier alpha value is -1.06. The molecule has 0 unspecified atom stereocenters. The highest BCUT2D eigenvalue weighted by molar-refractivity contribution is 5.27. The lowest BCUT2D eigenvalue weighted by atomic mass is 10.1. The van der Waals surface area contributed by atoms with E-state index in [9.17, 15) is 0 Å². The highest BCUT2D eigenvalue weighted by Gasteiger charge is 2.25. The molecule has 1 aromatic carbocycles. The number of methoxy groups -OCH3 is 1.